The number of ether oxygens (including phenoxy) is 3. The highest BCUT2D eigenvalue weighted by atomic mass is 16.5. The van der Waals surface area contributed by atoms with E-state index in [0.717, 1.165) is 26.9 Å². The van der Waals surface area contributed by atoms with Gasteiger partial charge in [0.2, 0.25) is 5.91 Å². The summed E-state index contributed by atoms with van der Waals surface area (Å²) in [5.41, 5.74) is 0.955. The van der Waals surface area contributed by atoms with E-state index in [1.165, 1.54) is 0 Å². The van der Waals surface area contributed by atoms with Crippen LogP contribution in [0.3, 0.4) is 0 Å². The smallest absolute Gasteiger partial charge is 0.329 e. The van der Waals surface area contributed by atoms with Crippen molar-refractivity contribution >= 4 is 23.8 Å². The number of esters is 3. The second-order valence-electron chi connectivity index (χ2n) is 5.46. The van der Waals surface area contributed by atoms with E-state index in [4.69, 9.17) is 0 Å². The molecule has 0 saturated carbocycles. The van der Waals surface area contributed by atoms with E-state index in [0.29, 0.717) is 6.42 Å². The van der Waals surface area contributed by atoms with E-state index in [-0.39, 0.29) is 6.42 Å². The highest BCUT2D eigenvalue weighted by Gasteiger charge is 2.38. The second-order valence-corrected chi connectivity index (χ2v) is 5.46. The quantitative estimate of drug-likeness (QED) is 0.505. The Balaban J connectivity index is 2.85. The first-order chi connectivity index (χ1) is 12.4. The molecule has 0 fully saturated rings. The number of methoxy groups -OCH3 is 3. The molecule has 0 unspecified atom stereocenters. The van der Waals surface area contributed by atoms with Gasteiger partial charge >= 0.3 is 17.9 Å². The van der Waals surface area contributed by atoms with Crippen molar-refractivity contribution < 1.29 is 33.4 Å². The Morgan fingerprint density at radius 1 is 0.923 bits per heavy atom. The van der Waals surface area contributed by atoms with Crippen LogP contribution in [-0.2, 0) is 39.8 Å². The van der Waals surface area contributed by atoms with Crippen molar-refractivity contribution in [3.8, 4) is 0 Å². The summed E-state index contributed by atoms with van der Waals surface area (Å²) in [4.78, 5) is 47.8. The zero-order chi connectivity index (χ0) is 19.5. The molecule has 8 heteroatoms. The van der Waals surface area contributed by atoms with Crippen LogP contribution in [0.5, 0.6) is 0 Å². The maximum Gasteiger partial charge on any atom is 0.329 e. The molecule has 0 aliphatic rings. The molecule has 0 bridgehead atoms. The summed E-state index contributed by atoms with van der Waals surface area (Å²) >= 11 is 0. The fourth-order valence-corrected chi connectivity index (χ4v) is 2.35. The van der Waals surface area contributed by atoms with Crippen LogP contribution in [-0.4, -0.2) is 51.2 Å². The summed E-state index contributed by atoms with van der Waals surface area (Å²) in [6.07, 6.45) is 0.131. The average Bonchev–Trinajstić information content (AvgIpc) is 2.68. The van der Waals surface area contributed by atoms with Gasteiger partial charge in [0.05, 0.1) is 33.7 Å². The Bertz CT molecular complexity index is 630. The SMILES string of the molecule is COC(=O)C[C@H](C(=O)OC)[C@@H](NC(=O)CCc1ccccc1)C(=O)OC. The van der Waals surface area contributed by atoms with Crippen LogP contribution < -0.4 is 5.32 Å². The van der Waals surface area contributed by atoms with Gasteiger partial charge in [-0.1, -0.05) is 30.3 Å². The lowest BCUT2D eigenvalue weighted by atomic mass is 9.95. The lowest BCUT2D eigenvalue weighted by Crippen LogP contribution is -2.50. The van der Waals surface area contributed by atoms with Crippen LogP contribution in [0.4, 0.5) is 0 Å². The van der Waals surface area contributed by atoms with Crippen LogP contribution in [0.2, 0.25) is 0 Å². The van der Waals surface area contributed by atoms with Crippen molar-refractivity contribution in [2.45, 2.75) is 25.3 Å². The standard InChI is InChI=1S/C18H23NO7/c1-24-15(21)11-13(17(22)25-2)16(18(23)26-3)19-14(20)10-9-12-7-5-4-6-8-12/h4-8,13,16H,9-11H2,1-3H3,(H,19,20)/t13-,16+/m0/s1. The van der Waals surface area contributed by atoms with E-state index >= 15 is 0 Å². The van der Waals surface area contributed by atoms with Gasteiger partial charge in [0.1, 0.15) is 6.04 Å². The molecule has 26 heavy (non-hydrogen) atoms. The number of rotatable bonds is 9. The number of amides is 1. The van der Waals surface area contributed by atoms with Crippen molar-refractivity contribution in [2.75, 3.05) is 21.3 Å². The monoisotopic (exact) mass is 365 g/mol. The van der Waals surface area contributed by atoms with Gasteiger partial charge in [0.15, 0.2) is 0 Å². The summed E-state index contributed by atoms with van der Waals surface area (Å²) in [5.74, 6) is -4.09. The summed E-state index contributed by atoms with van der Waals surface area (Å²) in [7, 11) is 3.40. The largest absolute Gasteiger partial charge is 0.469 e. The van der Waals surface area contributed by atoms with Crippen LogP contribution in [0, 0.1) is 5.92 Å². The number of aryl methyl sites for hydroxylation is 1. The van der Waals surface area contributed by atoms with E-state index in [1.54, 1.807) is 0 Å². The second kappa shape index (κ2) is 10.9. The molecule has 142 valence electrons. The number of carbonyl (C=O) groups is 4. The van der Waals surface area contributed by atoms with Crippen LogP contribution in [0.25, 0.3) is 0 Å². The van der Waals surface area contributed by atoms with Crippen molar-refractivity contribution in [2.24, 2.45) is 5.92 Å². The predicted molar refractivity (Wildman–Crippen MR) is 90.8 cm³/mol. The molecule has 0 heterocycles. The molecule has 2 atom stereocenters. The zero-order valence-corrected chi connectivity index (χ0v) is 15.0. The molecule has 1 amide bonds. The van der Waals surface area contributed by atoms with E-state index in [1.807, 2.05) is 30.3 Å². The highest BCUT2D eigenvalue weighted by molar-refractivity contribution is 5.91. The van der Waals surface area contributed by atoms with Crippen LogP contribution in [0.15, 0.2) is 30.3 Å². The molecule has 0 aliphatic heterocycles. The van der Waals surface area contributed by atoms with Gasteiger partial charge < -0.3 is 19.5 Å². The molecular weight excluding hydrogens is 342 g/mol. The first-order valence-corrected chi connectivity index (χ1v) is 7.98. The Morgan fingerprint density at radius 3 is 2.08 bits per heavy atom. The van der Waals surface area contributed by atoms with Crippen LogP contribution in [0.1, 0.15) is 18.4 Å². The molecule has 1 aromatic carbocycles. The van der Waals surface area contributed by atoms with Crippen LogP contribution >= 0.6 is 0 Å². The summed E-state index contributed by atoms with van der Waals surface area (Å²) in [6, 6.07) is 7.97. The fraction of sp³-hybridized carbons (Fsp3) is 0.444. The first kappa shape index (κ1) is 21.1. The molecule has 8 nitrogen and oxygen atoms in total. The molecule has 0 radical (unpaired) electrons. The Morgan fingerprint density at radius 2 is 1.54 bits per heavy atom. The average molecular weight is 365 g/mol. The lowest BCUT2D eigenvalue weighted by molar-refractivity contribution is -0.159. The van der Waals surface area contributed by atoms with Gasteiger partial charge in [-0.2, -0.15) is 0 Å². The molecule has 0 aliphatic carbocycles. The summed E-state index contributed by atoms with van der Waals surface area (Å²) in [5, 5.41) is 2.46. The van der Waals surface area contributed by atoms with Gasteiger partial charge in [-0.25, -0.2) is 4.79 Å². The maximum absolute atomic E-state index is 12.2. The van der Waals surface area contributed by atoms with Gasteiger partial charge in [-0.05, 0) is 12.0 Å². The third kappa shape index (κ3) is 6.54. The minimum absolute atomic E-state index is 0.101. The number of benzene rings is 1. The normalized spacial score (nSPS) is 12.4. The zero-order valence-electron chi connectivity index (χ0n) is 15.0. The van der Waals surface area contributed by atoms with Crippen molar-refractivity contribution in [3.63, 3.8) is 0 Å². The lowest BCUT2D eigenvalue weighted by Gasteiger charge is -2.23. The fourth-order valence-electron chi connectivity index (χ4n) is 2.35. The Hall–Kier alpha value is -2.90. The Kier molecular flexibility index (Phi) is 8.83. The molecule has 0 spiro atoms. The summed E-state index contributed by atoms with van der Waals surface area (Å²) in [6.45, 7) is 0. The van der Waals surface area contributed by atoms with Gasteiger partial charge in [0, 0.05) is 6.42 Å². The molecule has 0 saturated heterocycles. The minimum Gasteiger partial charge on any atom is -0.469 e. The highest BCUT2D eigenvalue weighted by Crippen LogP contribution is 2.15. The van der Waals surface area contributed by atoms with E-state index < -0.39 is 42.2 Å². The topological polar surface area (TPSA) is 108 Å². The molecule has 1 aromatic rings. The first-order valence-electron chi connectivity index (χ1n) is 7.98. The van der Waals surface area contributed by atoms with Crippen molar-refractivity contribution in [3.05, 3.63) is 35.9 Å². The Labute approximate surface area is 151 Å². The minimum atomic E-state index is -1.35. The van der Waals surface area contributed by atoms with Crippen molar-refractivity contribution in [1.82, 2.24) is 5.32 Å². The molecular formula is C18H23NO7. The van der Waals surface area contributed by atoms with E-state index in [2.05, 4.69) is 19.5 Å². The van der Waals surface area contributed by atoms with Gasteiger partial charge in [-0.15, -0.1) is 0 Å². The predicted octanol–water partition coefficient (Wildman–Crippen LogP) is 0.629. The number of carbonyl (C=O) groups excluding carboxylic acids is 4. The van der Waals surface area contributed by atoms with Crippen molar-refractivity contribution in [1.29, 1.82) is 0 Å². The number of hydrogen-bond acceptors (Lipinski definition) is 7. The number of hydrogen-bond donors (Lipinski definition) is 1. The number of nitrogens with one attached hydrogen (secondary N) is 1. The molecule has 1 rings (SSSR count). The van der Waals surface area contributed by atoms with Gasteiger partial charge in [-0.3, -0.25) is 14.4 Å². The molecule has 0 aromatic heterocycles. The summed E-state index contributed by atoms with van der Waals surface area (Å²) < 4.78 is 13.8. The van der Waals surface area contributed by atoms with E-state index in [9.17, 15) is 19.2 Å². The molecule has 1 N–H and O–H groups in total. The van der Waals surface area contributed by atoms with Gasteiger partial charge in [0.25, 0.3) is 0 Å². The third-order valence-corrected chi connectivity index (χ3v) is 3.78. The maximum atomic E-state index is 12.2. The third-order valence-electron chi connectivity index (χ3n) is 3.78.